The number of aliphatic carboxylic acids is 1. The van der Waals surface area contributed by atoms with E-state index in [1.54, 1.807) is 6.92 Å². The van der Waals surface area contributed by atoms with Gasteiger partial charge in [-0.15, -0.1) is 0 Å². The van der Waals surface area contributed by atoms with E-state index in [2.05, 4.69) is 4.98 Å². The lowest BCUT2D eigenvalue weighted by Crippen LogP contribution is -2.47. The summed E-state index contributed by atoms with van der Waals surface area (Å²) in [5.41, 5.74) is -2.25. The standard InChI is InChI=1S/C19H20F3NO4/c1-4-12(2)18(3,17(24)25)27-15-8-6-14(7-9-15)26-16-10-5-13(11-23-16)19(20,21)22/h5-12H,4H2,1-3H3,(H,24,25)/t12?,18-/m1/s1. The van der Waals surface area contributed by atoms with E-state index in [1.165, 1.54) is 31.2 Å². The highest BCUT2D eigenvalue weighted by Crippen LogP contribution is 2.31. The monoisotopic (exact) mass is 383 g/mol. The van der Waals surface area contributed by atoms with E-state index < -0.39 is 23.3 Å². The number of rotatable bonds is 7. The molecule has 0 saturated carbocycles. The lowest BCUT2D eigenvalue weighted by molar-refractivity contribution is -0.158. The molecule has 1 heterocycles. The van der Waals surface area contributed by atoms with Crippen molar-refractivity contribution in [2.45, 2.75) is 39.0 Å². The Balaban J connectivity index is 2.10. The molecular weight excluding hydrogens is 363 g/mol. The summed E-state index contributed by atoms with van der Waals surface area (Å²) in [6, 6.07) is 8.11. The van der Waals surface area contributed by atoms with Gasteiger partial charge >= 0.3 is 12.1 Å². The molecule has 146 valence electrons. The van der Waals surface area contributed by atoms with E-state index in [0.717, 1.165) is 12.1 Å². The summed E-state index contributed by atoms with van der Waals surface area (Å²) in [7, 11) is 0. The van der Waals surface area contributed by atoms with Gasteiger partial charge in [0.05, 0.1) is 5.56 Å². The molecular formula is C19H20F3NO4. The van der Waals surface area contributed by atoms with Crippen LogP contribution in [0.2, 0.25) is 0 Å². The largest absolute Gasteiger partial charge is 0.478 e. The van der Waals surface area contributed by atoms with Gasteiger partial charge in [-0.25, -0.2) is 9.78 Å². The Morgan fingerprint density at radius 1 is 1.15 bits per heavy atom. The van der Waals surface area contributed by atoms with Crippen LogP contribution in [0.5, 0.6) is 17.4 Å². The molecule has 1 aromatic heterocycles. The van der Waals surface area contributed by atoms with Gasteiger partial charge in [0.15, 0.2) is 0 Å². The normalized spacial score (nSPS) is 14.9. The Labute approximate surface area is 154 Å². The molecule has 2 atom stereocenters. The van der Waals surface area contributed by atoms with Crippen molar-refractivity contribution in [1.29, 1.82) is 0 Å². The maximum absolute atomic E-state index is 12.5. The highest BCUT2D eigenvalue weighted by Gasteiger charge is 2.40. The first kappa shape index (κ1) is 20.5. The quantitative estimate of drug-likeness (QED) is 0.715. The average molecular weight is 383 g/mol. The Morgan fingerprint density at radius 3 is 2.19 bits per heavy atom. The van der Waals surface area contributed by atoms with Crippen LogP contribution in [0.25, 0.3) is 0 Å². The zero-order chi connectivity index (χ0) is 20.2. The van der Waals surface area contributed by atoms with Crippen LogP contribution in [-0.2, 0) is 11.0 Å². The summed E-state index contributed by atoms with van der Waals surface area (Å²) in [5, 5.41) is 9.49. The summed E-state index contributed by atoms with van der Waals surface area (Å²) >= 11 is 0. The van der Waals surface area contributed by atoms with Crippen molar-refractivity contribution in [1.82, 2.24) is 4.98 Å². The Bertz CT molecular complexity index is 775. The third kappa shape index (κ3) is 4.90. The molecule has 1 aromatic carbocycles. The Morgan fingerprint density at radius 2 is 1.74 bits per heavy atom. The van der Waals surface area contributed by atoms with Crippen LogP contribution in [0.15, 0.2) is 42.6 Å². The molecule has 0 fully saturated rings. The molecule has 1 N–H and O–H groups in total. The molecule has 0 amide bonds. The number of alkyl halides is 3. The van der Waals surface area contributed by atoms with E-state index in [4.69, 9.17) is 9.47 Å². The molecule has 8 heteroatoms. The molecule has 2 aromatic rings. The zero-order valence-corrected chi connectivity index (χ0v) is 15.1. The van der Waals surface area contributed by atoms with Gasteiger partial charge in [0.2, 0.25) is 11.5 Å². The van der Waals surface area contributed by atoms with Crippen molar-refractivity contribution in [3.05, 3.63) is 48.2 Å². The number of benzene rings is 1. The first-order valence-electron chi connectivity index (χ1n) is 8.30. The molecule has 0 bridgehead atoms. The molecule has 2 rings (SSSR count). The molecule has 0 aliphatic rings. The fraction of sp³-hybridized carbons (Fsp3) is 0.368. The predicted molar refractivity (Wildman–Crippen MR) is 91.9 cm³/mol. The van der Waals surface area contributed by atoms with Gasteiger partial charge in [0, 0.05) is 18.2 Å². The first-order valence-corrected chi connectivity index (χ1v) is 8.30. The minimum Gasteiger partial charge on any atom is -0.478 e. The van der Waals surface area contributed by atoms with Crippen LogP contribution in [0.3, 0.4) is 0 Å². The number of pyridine rings is 1. The maximum Gasteiger partial charge on any atom is 0.417 e. The molecule has 27 heavy (non-hydrogen) atoms. The van der Waals surface area contributed by atoms with Crippen molar-refractivity contribution in [3.63, 3.8) is 0 Å². The predicted octanol–water partition coefficient (Wildman–Crippen LogP) is 5.16. The van der Waals surface area contributed by atoms with Crippen LogP contribution in [0.1, 0.15) is 32.8 Å². The van der Waals surface area contributed by atoms with Crippen molar-refractivity contribution >= 4 is 5.97 Å². The number of carboxylic acids is 1. The van der Waals surface area contributed by atoms with E-state index in [0.29, 0.717) is 24.1 Å². The van der Waals surface area contributed by atoms with Gasteiger partial charge in [0.25, 0.3) is 0 Å². The second kappa shape index (κ2) is 7.85. The molecule has 0 spiro atoms. The van der Waals surface area contributed by atoms with Gasteiger partial charge in [-0.1, -0.05) is 13.8 Å². The van der Waals surface area contributed by atoms with Crippen LogP contribution in [0.4, 0.5) is 13.2 Å². The summed E-state index contributed by atoms with van der Waals surface area (Å²) < 4.78 is 48.7. The van der Waals surface area contributed by atoms with Crippen LogP contribution < -0.4 is 9.47 Å². The lowest BCUT2D eigenvalue weighted by Gasteiger charge is -2.31. The molecule has 0 aliphatic carbocycles. The number of carboxylic acid groups (broad SMARTS) is 1. The number of carbonyl (C=O) groups is 1. The van der Waals surface area contributed by atoms with E-state index in [-0.39, 0.29) is 11.8 Å². The average Bonchev–Trinajstić information content (AvgIpc) is 2.62. The van der Waals surface area contributed by atoms with E-state index in [9.17, 15) is 23.1 Å². The van der Waals surface area contributed by atoms with Gasteiger partial charge in [-0.2, -0.15) is 13.2 Å². The first-order chi connectivity index (χ1) is 12.6. The van der Waals surface area contributed by atoms with E-state index >= 15 is 0 Å². The number of nitrogens with zero attached hydrogens (tertiary/aromatic N) is 1. The fourth-order valence-electron chi connectivity index (χ4n) is 2.29. The summed E-state index contributed by atoms with van der Waals surface area (Å²) in [6.45, 7) is 5.19. The van der Waals surface area contributed by atoms with Crippen LogP contribution in [0, 0.1) is 5.92 Å². The molecule has 0 radical (unpaired) electrons. The molecule has 5 nitrogen and oxygen atoms in total. The maximum atomic E-state index is 12.5. The number of hydrogen-bond acceptors (Lipinski definition) is 4. The van der Waals surface area contributed by atoms with Crippen molar-refractivity contribution in [2.24, 2.45) is 5.92 Å². The van der Waals surface area contributed by atoms with Crippen molar-refractivity contribution in [3.8, 4) is 17.4 Å². The number of halogens is 3. The summed E-state index contributed by atoms with van der Waals surface area (Å²) in [6.07, 6.45) is -3.14. The fourth-order valence-corrected chi connectivity index (χ4v) is 2.29. The van der Waals surface area contributed by atoms with Crippen molar-refractivity contribution < 1.29 is 32.5 Å². The van der Waals surface area contributed by atoms with Gasteiger partial charge < -0.3 is 14.6 Å². The smallest absolute Gasteiger partial charge is 0.417 e. The van der Waals surface area contributed by atoms with Gasteiger partial charge in [-0.05, 0) is 43.7 Å². The topological polar surface area (TPSA) is 68.7 Å². The highest BCUT2D eigenvalue weighted by molar-refractivity contribution is 5.77. The summed E-state index contributed by atoms with van der Waals surface area (Å²) in [4.78, 5) is 15.2. The number of aromatic nitrogens is 1. The lowest BCUT2D eigenvalue weighted by atomic mass is 9.88. The minimum absolute atomic E-state index is 0.00616. The van der Waals surface area contributed by atoms with Crippen molar-refractivity contribution in [2.75, 3.05) is 0 Å². The third-order valence-electron chi connectivity index (χ3n) is 4.42. The SMILES string of the molecule is CCC(C)[C@@](C)(Oc1ccc(Oc2ccc(C(F)(F)F)cn2)cc1)C(=O)O. The second-order valence-corrected chi connectivity index (χ2v) is 6.28. The third-order valence-corrected chi connectivity index (χ3v) is 4.42. The van der Waals surface area contributed by atoms with E-state index in [1.807, 2.05) is 6.92 Å². The Kier molecular flexibility index (Phi) is 5.98. The van der Waals surface area contributed by atoms with Crippen LogP contribution >= 0.6 is 0 Å². The van der Waals surface area contributed by atoms with Crippen LogP contribution in [-0.4, -0.2) is 21.7 Å². The molecule has 0 aliphatic heterocycles. The highest BCUT2D eigenvalue weighted by atomic mass is 19.4. The van der Waals surface area contributed by atoms with Gasteiger partial charge in [0.1, 0.15) is 11.5 Å². The minimum atomic E-state index is -4.46. The molecule has 1 unspecified atom stereocenters. The van der Waals surface area contributed by atoms with Gasteiger partial charge in [-0.3, -0.25) is 0 Å². The second-order valence-electron chi connectivity index (χ2n) is 6.28. The zero-order valence-electron chi connectivity index (χ0n) is 15.1. The molecule has 0 saturated heterocycles. The summed E-state index contributed by atoms with van der Waals surface area (Å²) in [5.74, 6) is -0.608. The Hall–Kier alpha value is -2.77. The number of ether oxygens (including phenoxy) is 2. The number of hydrogen-bond donors (Lipinski definition) is 1.